The van der Waals surface area contributed by atoms with Gasteiger partial charge in [-0.1, -0.05) is 17.9 Å². The molecular weight excluding hydrogens is 270 g/mol. The lowest BCUT2D eigenvalue weighted by Crippen LogP contribution is -2.23. The standard InChI is InChI=1S/C15H15N3OS/c1-11-4-3-8-17-13(11)10-18-15(19)14-12(5-2-7-16)6-9-20-14/h3-4,6,8-9H,7,10,16H2,1H3,(H,18,19). The SMILES string of the molecule is Cc1cccnc1CNC(=O)c1sccc1C#CCN. The number of thiophene rings is 1. The molecule has 5 heteroatoms. The van der Waals surface area contributed by atoms with Crippen molar-refractivity contribution >= 4 is 17.2 Å². The second-order valence-electron chi connectivity index (χ2n) is 4.12. The van der Waals surface area contributed by atoms with Crippen molar-refractivity contribution in [2.45, 2.75) is 13.5 Å². The summed E-state index contributed by atoms with van der Waals surface area (Å²) < 4.78 is 0. The molecule has 0 aliphatic carbocycles. The molecule has 3 N–H and O–H groups in total. The Morgan fingerprint density at radius 3 is 3.10 bits per heavy atom. The molecule has 2 aromatic rings. The third-order valence-corrected chi connectivity index (χ3v) is 3.64. The minimum Gasteiger partial charge on any atom is -0.346 e. The third-order valence-electron chi connectivity index (χ3n) is 2.73. The van der Waals surface area contributed by atoms with Gasteiger partial charge in [0.1, 0.15) is 4.88 Å². The summed E-state index contributed by atoms with van der Waals surface area (Å²) in [6.45, 7) is 2.66. The van der Waals surface area contributed by atoms with Crippen molar-refractivity contribution in [3.63, 3.8) is 0 Å². The van der Waals surface area contributed by atoms with Crippen molar-refractivity contribution in [3.8, 4) is 11.8 Å². The van der Waals surface area contributed by atoms with E-state index in [-0.39, 0.29) is 12.5 Å². The van der Waals surface area contributed by atoms with Gasteiger partial charge in [-0.3, -0.25) is 9.78 Å². The van der Waals surface area contributed by atoms with Gasteiger partial charge in [0, 0.05) is 11.8 Å². The van der Waals surface area contributed by atoms with Crippen molar-refractivity contribution in [3.05, 3.63) is 51.5 Å². The quantitative estimate of drug-likeness (QED) is 0.843. The Bertz CT molecular complexity index is 667. The molecule has 0 aliphatic heterocycles. The number of carbonyl (C=O) groups is 1. The third kappa shape index (κ3) is 3.44. The average Bonchev–Trinajstić information content (AvgIpc) is 2.92. The molecule has 2 heterocycles. The Morgan fingerprint density at radius 2 is 2.35 bits per heavy atom. The Labute approximate surface area is 122 Å². The van der Waals surface area contributed by atoms with E-state index in [4.69, 9.17) is 5.73 Å². The first-order valence-electron chi connectivity index (χ1n) is 6.17. The molecule has 2 aromatic heterocycles. The Morgan fingerprint density at radius 1 is 1.50 bits per heavy atom. The van der Waals surface area contributed by atoms with Crippen LogP contribution in [0.1, 0.15) is 26.5 Å². The first kappa shape index (κ1) is 14.3. The predicted octanol–water partition coefficient (Wildman–Crippen LogP) is 1.69. The molecule has 0 aromatic carbocycles. The van der Waals surface area contributed by atoms with Gasteiger partial charge in [0.25, 0.3) is 5.91 Å². The van der Waals surface area contributed by atoms with Crippen LogP contribution in [0.15, 0.2) is 29.8 Å². The zero-order chi connectivity index (χ0) is 14.4. The molecule has 0 radical (unpaired) electrons. The van der Waals surface area contributed by atoms with E-state index in [0.29, 0.717) is 11.4 Å². The van der Waals surface area contributed by atoms with E-state index in [0.717, 1.165) is 16.8 Å². The number of hydrogen-bond donors (Lipinski definition) is 2. The number of hydrogen-bond acceptors (Lipinski definition) is 4. The fraction of sp³-hybridized carbons (Fsp3) is 0.200. The molecule has 0 saturated heterocycles. The van der Waals surface area contributed by atoms with Gasteiger partial charge < -0.3 is 11.1 Å². The van der Waals surface area contributed by atoms with Crippen LogP contribution < -0.4 is 11.1 Å². The largest absolute Gasteiger partial charge is 0.346 e. The molecule has 0 aliphatic rings. The van der Waals surface area contributed by atoms with Gasteiger partial charge in [0.05, 0.1) is 18.8 Å². The molecule has 0 bridgehead atoms. The molecule has 20 heavy (non-hydrogen) atoms. The zero-order valence-corrected chi connectivity index (χ0v) is 12.0. The number of aromatic nitrogens is 1. The molecular formula is C15H15N3OS. The lowest BCUT2D eigenvalue weighted by Gasteiger charge is -2.06. The molecule has 1 amide bonds. The lowest BCUT2D eigenvalue weighted by molar-refractivity contribution is 0.0954. The van der Waals surface area contributed by atoms with E-state index in [9.17, 15) is 4.79 Å². The molecule has 0 spiro atoms. The van der Waals surface area contributed by atoms with Crippen LogP contribution in [0.5, 0.6) is 0 Å². The molecule has 4 nitrogen and oxygen atoms in total. The monoisotopic (exact) mass is 285 g/mol. The maximum atomic E-state index is 12.1. The van der Waals surface area contributed by atoms with Crippen molar-refractivity contribution < 1.29 is 4.79 Å². The molecule has 0 unspecified atom stereocenters. The topological polar surface area (TPSA) is 68.0 Å². The fourth-order valence-corrected chi connectivity index (χ4v) is 2.44. The van der Waals surface area contributed by atoms with Crippen molar-refractivity contribution in [1.29, 1.82) is 0 Å². The second kappa shape index (κ2) is 6.85. The van der Waals surface area contributed by atoms with E-state index in [1.54, 1.807) is 6.20 Å². The van der Waals surface area contributed by atoms with Gasteiger partial charge in [-0.25, -0.2) is 0 Å². The Hall–Kier alpha value is -2.16. The highest BCUT2D eigenvalue weighted by atomic mass is 32.1. The van der Waals surface area contributed by atoms with Crippen LogP contribution in [0.25, 0.3) is 0 Å². The maximum Gasteiger partial charge on any atom is 0.262 e. The molecule has 0 saturated carbocycles. The van der Waals surface area contributed by atoms with Crippen molar-refractivity contribution in [1.82, 2.24) is 10.3 Å². The van der Waals surface area contributed by atoms with Gasteiger partial charge in [-0.15, -0.1) is 11.3 Å². The molecule has 2 rings (SSSR count). The van der Waals surface area contributed by atoms with Gasteiger partial charge >= 0.3 is 0 Å². The number of amides is 1. The number of aryl methyl sites for hydroxylation is 1. The molecule has 102 valence electrons. The highest BCUT2D eigenvalue weighted by Gasteiger charge is 2.12. The predicted molar refractivity (Wildman–Crippen MR) is 80.4 cm³/mol. The average molecular weight is 285 g/mol. The second-order valence-corrected chi connectivity index (χ2v) is 5.04. The summed E-state index contributed by atoms with van der Waals surface area (Å²) in [5.41, 5.74) is 7.99. The van der Waals surface area contributed by atoms with Crippen LogP contribution in [-0.2, 0) is 6.54 Å². The highest BCUT2D eigenvalue weighted by Crippen LogP contribution is 2.15. The summed E-state index contributed by atoms with van der Waals surface area (Å²) in [6, 6.07) is 5.67. The molecule has 0 atom stereocenters. The van der Waals surface area contributed by atoms with Crippen LogP contribution in [0.4, 0.5) is 0 Å². The van der Waals surface area contributed by atoms with E-state index < -0.39 is 0 Å². The number of carbonyl (C=O) groups excluding carboxylic acids is 1. The number of nitrogens with two attached hydrogens (primary N) is 1. The lowest BCUT2D eigenvalue weighted by atomic mass is 10.2. The number of rotatable bonds is 3. The summed E-state index contributed by atoms with van der Waals surface area (Å²) in [5, 5.41) is 4.72. The summed E-state index contributed by atoms with van der Waals surface area (Å²) in [5.74, 6) is 5.53. The van der Waals surface area contributed by atoms with E-state index in [1.807, 2.05) is 30.5 Å². The fourth-order valence-electron chi connectivity index (χ4n) is 1.68. The summed E-state index contributed by atoms with van der Waals surface area (Å²) in [4.78, 5) is 17.0. The first-order chi connectivity index (χ1) is 9.72. The Kier molecular flexibility index (Phi) is 4.88. The van der Waals surface area contributed by atoms with Gasteiger partial charge in [0.15, 0.2) is 0 Å². The van der Waals surface area contributed by atoms with Gasteiger partial charge in [-0.2, -0.15) is 0 Å². The summed E-state index contributed by atoms with van der Waals surface area (Å²) in [6.07, 6.45) is 1.72. The van der Waals surface area contributed by atoms with E-state index >= 15 is 0 Å². The minimum absolute atomic E-state index is 0.133. The molecule has 0 fully saturated rings. The van der Waals surface area contributed by atoms with Crippen molar-refractivity contribution in [2.75, 3.05) is 6.54 Å². The van der Waals surface area contributed by atoms with E-state index in [2.05, 4.69) is 22.1 Å². The van der Waals surface area contributed by atoms with Gasteiger partial charge in [0.2, 0.25) is 0 Å². The summed E-state index contributed by atoms with van der Waals surface area (Å²) in [7, 11) is 0. The number of nitrogens with one attached hydrogen (secondary N) is 1. The van der Waals surface area contributed by atoms with Crippen LogP contribution in [0.3, 0.4) is 0 Å². The first-order valence-corrected chi connectivity index (χ1v) is 7.05. The van der Waals surface area contributed by atoms with Crippen LogP contribution >= 0.6 is 11.3 Å². The van der Waals surface area contributed by atoms with Crippen LogP contribution in [0, 0.1) is 18.8 Å². The normalized spacial score (nSPS) is 9.70. The number of nitrogens with zero attached hydrogens (tertiary/aromatic N) is 1. The highest BCUT2D eigenvalue weighted by molar-refractivity contribution is 7.12. The smallest absolute Gasteiger partial charge is 0.262 e. The van der Waals surface area contributed by atoms with Crippen molar-refractivity contribution in [2.24, 2.45) is 5.73 Å². The van der Waals surface area contributed by atoms with Crippen LogP contribution in [0.2, 0.25) is 0 Å². The van der Waals surface area contributed by atoms with E-state index in [1.165, 1.54) is 11.3 Å². The minimum atomic E-state index is -0.133. The Balaban J connectivity index is 2.06. The number of pyridine rings is 1. The van der Waals surface area contributed by atoms with Gasteiger partial charge in [-0.05, 0) is 30.0 Å². The zero-order valence-electron chi connectivity index (χ0n) is 11.1. The van der Waals surface area contributed by atoms with Crippen LogP contribution in [-0.4, -0.2) is 17.4 Å². The summed E-state index contributed by atoms with van der Waals surface area (Å²) >= 11 is 1.37. The maximum absolute atomic E-state index is 12.1.